The summed E-state index contributed by atoms with van der Waals surface area (Å²) in [6, 6.07) is 23.5. The van der Waals surface area contributed by atoms with Crippen molar-refractivity contribution in [3.63, 3.8) is 0 Å². The van der Waals surface area contributed by atoms with E-state index in [-0.39, 0.29) is 30.7 Å². The number of carbonyl (C=O) groups is 1. The van der Waals surface area contributed by atoms with Crippen LogP contribution in [0.1, 0.15) is 51.5 Å². The van der Waals surface area contributed by atoms with Crippen molar-refractivity contribution < 1.29 is 4.79 Å². The maximum Gasteiger partial charge on any atom is 0.270 e. The van der Waals surface area contributed by atoms with E-state index in [1.807, 2.05) is 11.0 Å². The number of rotatable bonds is 5. The Balaban J connectivity index is 0.00000194. The molecule has 3 heterocycles. The summed E-state index contributed by atoms with van der Waals surface area (Å²) in [6.45, 7) is 10.5. The highest BCUT2D eigenvalue weighted by molar-refractivity contribution is 9.10. The molecule has 2 saturated heterocycles. The molecule has 0 atom stereocenters. The predicted molar refractivity (Wildman–Crippen MR) is 178 cm³/mol. The number of H-pyrrole nitrogens is 1. The SMILES string of the molecule is Cc1cccc(C)c1C1CCN(Cc2c(C(=O)N3CCN(c4ccc(Br)cc4)CC3)[nH]c3ccccc23)CC1.Cl.Cl. The van der Waals surface area contributed by atoms with Crippen LogP contribution in [0.4, 0.5) is 5.69 Å². The molecule has 3 aromatic carbocycles. The lowest BCUT2D eigenvalue weighted by atomic mass is 9.84. The standard InChI is InChI=1S/C33H37BrN4O.2ClH/c1-23-6-5-7-24(2)31(23)25-14-16-36(17-15-25)22-29-28-8-3-4-9-30(28)35-32(29)33(39)38-20-18-37(19-21-38)27-12-10-26(34)11-13-27;;/h3-13,25,35H,14-22H2,1-2H3;2*1H. The van der Waals surface area contributed by atoms with Gasteiger partial charge in [0.2, 0.25) is 0 Å². The minimum atomic E-state index is 0. The van der Waals surface area contributed by atoms with Crippen molar-refractivity contribution in [3.05, 3.63) is 99.2 Å². The molecule has 2 aliphatic heterocycles. The van der Waals surface area contributed by atoms with Gasteiger partial charge in [0.25, 0.3) is 5.91 Å². The van der Waals surface area contributed by atoms with Gasteiger partial charge in [-0.15, -0.1) is 24.8 Å². The van der Waals surface area contributed by atoms with Gasteiger partial charge in [-0.25, -0.2) is 0 Å². The number of benzene rings is 3. The number of hydrogen-bond acceptors (Lipinski definition) is 3. The Morgan fingerprint density at radius 2 is 1.46 bits per heavy atom. The predicted octanol–water partition coefficient (Wildman–Crippen LogP) is 7.73. The van der Waals surface area contributed by atoms with E-state index < -0.39 is 0 Å². The number of nitrogens with zero attached hydrogens (tertiary/aromatic N) is 3. The number of piperidine rings is 1. The fraction of sp³-hybridized carbons (Fsp3) is 0.364. The van der Waals surface area contributed by atoms with E-state index in [1.165, 1.54) is 22.2 Å². The highest BCUT2D eigenvalue weighted by Crippen LogP contribution is 2.34. The maximum atomic E-state index is 13.9. The number of amides is 1. The summed E-state index contributed by atoms with van der Waals surface area (Å²) in [5, 5.41) is 1.17. The second kappa shape index (κ2) is 13.6. The normalized spacial score (nSPS) is 16.4. The van der Waals surface area contributed by atoms with E-state index in [4.69, 9.17) is 0 Å². The summed E-state index contributed by atoms with van der Waals surface area (Å²) >= 11 is 3.52. The summed E-state index contributed by atoms with van der Waals surface area (Å²) in [5.41, 5.74) is 8.55. The second-order valence-corrected chi connectivity index (χ2v) is 12.1. The monoisotopic (exact) mass is 656 g/mol. The Bertz CT molecular complexity index is 1450. The topological polar surface area (TPSA) is 42.6 Å². The molecule has 1 amide bonds. The highest BCUT2D eigenvalue weighted by atomic mass is 79.9. The molecule has 5 nitrogen and oxygen atoms in total. The van der Waals surface area contributed by atoms with Crippen molar-refractivity contribution in [2.75, 3.05) is 44.2 Å². The highest BCUT2D eigenvalue weighted by Gasteiger charge is 2.29. The summed E-state index contributed by atoms with van der Waals surface area (Å²) in [5.74, 6) is 0.746. The van der Waals surface area contributed by atoms with Gasteiger partial charge in [-0.2, -0.15) is 0 Å². The average molecular weight is 659 g/mol. The fourth-order valence-corrected chi connectivity index (χ4v) is 6.86. The number of aromatic nitrogens is 1. The third-order valence-electron chi connectivity index (χ3n) is 8.71. The molecule has 8 heteroatoms. The molecule has 4 aromatic rings. The van der Waals surface area contributed by atoms with E-state index in [0.717, 1.165) is 79.9 Å². The second-order valence-electron chi connectivity index (χ2n) is 11.1. The van der Waals surface area contributed by atoms with Gasteiger partial charge in [0.05, 0.1) is 0 Å². The van der Waals surface area contributed by atoms with Gasteiger partial charge < -0.3 is 14.8 Å². The summed E-state index contributed by atoms with van der Waals surface area (Å²) < 4.78 is 1.08. The molecule has 41 heavy (non-hydrogen) atoms. The zero-order chi connectivity index (χ0) is 26.9. The molecule has 0 bridgehead atoms. The van der Waals surface area contributed by atoms with E-state index in [0.29, 0.717) is 5.92 Å². The Hall–Kier alpha value is -2.51. The largest absolute Gasteiger partial charge is 0.368 e. The Kier molecular flexibility index (Phi) is 10.5. The molecule has 1 N–H and O–H groups in total. The smallest absolute Gasteiger partial charge is 0.270 e. The van der Waals surface area contributed by atoms with Crippen LogP contribution in [-0.4, -0.2) is 60.0 Å². The zero-order valence-corrected chi connectivity index (χ0v) is 27.0. The Morgan fingerprint density at radius 3 is 2.12 bits per heavy atom. The fourth-order valence-electron chi connectivity index (χ4n) is 6.60. The van der Waals surface area contributed by atoms with E-state index in [9.17, 15) is 4.79 Å². The molecule has 0 saturated carbocycles. The average Bonchev–Trinajstić information content (AvgIpc) is 3.32. The van der Waals surface area contributed by atoms with Crippen LogP contribution in [0.2, 0.25) is 0 Å². The van der Waals surface area contributed by atoms with Crippen molar-refractivity contribution >= 4 is 63.2 Å². The summed E-state index contributed by atoms with van der Waals surface area (Å²) in [4.78, 5) is 24.3. The molecule has 0 spiro atoms. The molecule has 0 radical (unpaired) electrons. The van der Waals surface area contributed by atoms with Crippen LogP contribution in [0.3, 0.4) is 0 Å². The first-order valence-electron chi connectivity index (χ1n) is 14.2. The number of halogens is 3. The number of hydrogen-bond donors (Lipinski definition) is 1. The van der Waals surface area contributed by atoms with Crippen molar-refractivity contribution in [1.29, 1.82) is 0 Å². The summed E-state index contributed by atoms with van der Waals surface area (Å²) in [6.07, 6.45) is 2.32. The number of aryl methyl sites for hydroxylation is 2. The van der Waals surface area contributed by atoms with Crippen molar-refractivity contribution in [2.24, 2.45) is 0 Å². The van der Waals surface area contributed by atoms with Crippen molar-refractivity contribution in [1.82, 2.24) is 14.8 Å². The molecule has 0 unspecified atom stereocenters. The third kappa shape index (κ3) is 6.61. The number of para-hydroxylation sites is 1. The molecule has 2 aliphatic rings. The maximum absolute atomic E-state index is 13.9. The lowest BCUT2D eigenvalue weighted by Gasteiger charge is -2.36. The first kappa shape index (κ1) is 31.4. The van der Waals surface area contributed by atoms with Gasteiger partial charge in [-0.3, -0.25) is 9.69 Å². The van der Waals surface area contributed by atoms with Crippen LogP contribution >= 0.6 is 40.7 Å². The molecule has 1 aromatic heterocycles. The van der Waals surface area contributed by atoms with E-state index >= 15 is 0 Å². The molecule has 2 fully saturated rings. The minimum absolute atomic E-state index is 0. The van der Waals surface area contributed by atoms with E-state index in [1.54, 1.807) is 5.56 Å². The van der Waals surface area contributed by atoms with Gasteiger partial charge in [0.1, 0.15) is 5.69 Å². The number of fused-ring (bicyclic) bond motifs is 1. The van der Waals surface area contributed by atoms with E-state index in [2.05, 4.69) is 105 Å². The zero-order valence-electron chi connectivity index (χ0n) is 23.7. The third-order valence-corrected chi connectivity index (χ3v) is 9.23. The number of nitrogens with one attached hydrogen (secondary N) is 1. The number of carbonyl (C=O) groups excluding carboxylic acids is 1. The van der Waals surface area contributed by atoms with Gasteiger partial charge in [-0.1, -0.05) is 52.3 Å². The Labute approximate surface area is 264 Å². The molecule has 218 valence electrons. The van der Waals surface area contributed by atoms with Gasteiger partial charge in [0, 0.05) is 59.4 Å². The number of likely N-dealkylation sites (tertiary alicyclic amines) is 1. The first-order valence-corrected chi connectivity index (χ1v) is 14.9. The van der Waals surface area contributed by atoms with Crippen LogP contribution in [0.15, 0.2) is 71.2 Å². The van der Waals surface area contributed by atoms with Crippen LogP contribution in [0, 0.1) is 13.8 Å². The van der Waals surface area contributed by atoms with Gasteiger partial charge in [-0.05, 0) is 92.7 Å². The lowest BCUT2D eigenvalue weighted by Crippen LogP contribution is -2.49. The molecular weight excluding hydrogens is 619 g/mol. The van der Waals surface area contributed by atoms with Crippen LogP contribution in [0.25, 0.3) is 10.9 Å². The number of anilines is 1. The molecule has 6 rings (SSSR count). The van der Waals surface area contributed by atoms with Crippen LogP contribution in [-0.2, 0) is 6.54 Å². The first-order chi connectivity index (χ1) is 19.0. The lowest BCUT2D eigenvalue weighted by molar-refractivity contribution is 0.0739. The molecular formula is C33H39BrCl2N4O. The Morgan fingerprint density at radius 1 is 0.829 bits per heavy atom. The van der Waals surface area contributed by atoms with Gasteiger partial charge in [0.15, 0.2) is 0 Å². The summed E-state index contributed by atoms with van der Waals surface area (Å²) in [7, 11) is 0. The van der Waals surface area contributed by atoms with Crippen molar-refractivity contribution in [2.45, 2.75) is 39.2 Å². The number of aromatic amines is 1. The van der Waals surface area contributed by atoms with Crippen LogP contribution in [0.5, 0.6) is 0 Å². The molecule has 0 aliphatic carbocycles. The van der Waals surface area contributed by atoms with Gasteiger partial charge >= 0.3 is 0 Å². The van der Waals surface area contributed by atoms with Crippen LogP contribution < -0.4 is 4.90 Å². The van der Waals surface area contributed by atoms with Crippen molar-refractivity contribution in [3.8, 4) is 0 Å². The number of piperazine rings is 1. The minimum Gasteiger partial charge on any atom is -0.368 e. The quantitative estimate of drug-likeness (QED) is 0.239.